The first-order valence-corrected chi connectivity index (χ1v) is 26.4. The van der Waals surface area contributed by atoms with Crippen molar-refractivity contribution in [3.8, 4) is 39.0 Å². The van der Waals surface area contributed by atoms with Crippen molar-refractivity contribution in [2.45, 2.75) is 139 Å². The summed E-state index contributed by atoms with van der Waals surface area (Å²) in [5.41, 5.74) is 4.05. The highest BCUT2D eigenvalue weighted by Crippen LogP contribution is 2.48. The number of fused-ring (bicyclic) bond motifs is 3. The Morgan fingerprint density at radius 1 is 0.928 bits per heavy atom. The molecule has 4 heterocycles. The van der Waals surface area contributed by atoms with Crippen LogP contribution in [-0.4, -0.2) is 92.3 Å². The molecule has 69 heavy (non-hydrogen) atoms. The minimum Gasteiger partial charge on any atom is -0.459 e. The van der Waals surface area contributed by atoms with E-state index in [1.165, 1.54) is 16.2 Å². The summed E-state index contributed by atoms with van der Waals surface area (Å²) in [6.45, 7) is 10.8. The maximum Gasteiger partial charge on any atom is 0.408 e. The first-order chi connectivity index (χ1) is 32.8. The zero-order valence-electron chi connectivity index (χ0n) is 40.0. The van der Waals surface area contributed by atoms with E-state index in [-0.39, 0.29) is 25.4 Å². The van der Waals surface area contributed by atoms with Gasteiger partial charge in [-0.1, -0.05) is 85.7 Å². The number of benzene rings is 3. The van der Waals surface area contributed by atoms with Gasteiger partial charge in [-0.3, -0.25) is 23.7 Å². The maximum atomic E-state index is 14.8. The lowest BCUT2D eigenvalue weighted by Gasteiger charge is -2.30. The molecule has 0 unspecified atom stereocenters. The number of nitrogens with zero attached hydrogens (tertiary/aromatic N) is 4. The van der Waals surface area contributed by atoms with E-state index in [2.05, 4.69) is 51.8 Å². The number of imidazole rings is 1. The lowest BCUT2D eigenvalue weighted by Crippen LogP contribution is -2.58. The van der Waals surface area contributed by atoms with Gasteiger partial charge in [0.25, 0.3) is 11.9 Å². The molecule has 1 saturated heterocycles. The first kappa shape index (κ1) is 48.0. The van der Waals surface area contributed by atoms with Gasteiger partial charge in [0.15, 0.2) is 0 Å². The zero-order chi connectivity index (χ0) is 48.9. The van der Waals surface area contributed by atoms with Crippen LogP contribution in [-0.2, 0) is 29.1 Å². The average Bonchev–Trinajstić information content (AvgIpc) is 3.98. The number of thiazole rings is 1. The van der Waals surface area contributed by atoms with Crippen molar-refractivity contribution in [1.29, 1.82) is 0 Å². The monoisotopic (exact) mass is 975 g/mol. The summed E-state index contributed by atoms with van der Waals surface area (Å²) >= 11 is 1.52. The number of nitrogens with one attached hydrogen (secondary N) is 3. The van der Waals surface area contributed by atoms with Gasteiger partial charge in [0.1, 0.15) is 39.9 Å². The van der Waals surface area contributed by atoms with E-state index >= 15 is 0 Å². The summed E-state index contributed by atoms with van der Waals surface area (Å²) in [5.74, 6) is -2.38. The highest BCUT2D eigenvalue weighted by molar-refractivity contribution is 7.91. The molecule has 2 aliphatic carbocycles. The highest BCUT2D eigenvalue weighted by Gasteiger charge is 2.63. The van der Waals surface area contributed by atoms with Crippen molar-refractivity contribution in [2.75, 3.05) is 6.54 Å². The van der Waals surface area contributed by atoms with E-state index in [9.17, 15) is 27.6 Å². The summed E-state index contributed by atoms with van der Waals surface area (Å²) in [6.07, 6.45) is 6.53. The molecule has 4 aliphatic rings. The number of hydrogen-bond acceptors (Lipinski definition) is 11. The molecule has 2 saturated carbocycles. The third kappa shape index (κ3) is 10.0. The third-order valence-electron chi connectivity index (χ3n) is 13.7. The van der Waals surface area contributed by atoms with Gasteiger partial charge in [-0.25, -0.2) is 18.2 Å². The Kier molecular flexibility index (Phi) is 13.0. The van der Waals surface area contributed by atoms with E-state index in [4.69, 9.17) is 19.4 Å². The molecular formula is C52H61N7O8S2. The Morgan fingerprint density at radius 2 is 1.65 bits per heavy atom. The van der Waals surface area contributed by atoms with Crippen LogP contribution in [0, 0.1) is 5.92 Å². The minimum atomic E-state index is -4.02. The van der Waals surface area contributed by atoms with E-state index in [1.54, 1.807) is 27.7 Å². The number of rotatable bonds is 10. The van der Waals surface area contributed by atoms with Gasteiger partial charge < -0.3 is 25.0 Å². The number of sulfonamides is 1. The fraction of sp³-hybridized carbons (Fsp3) is 0.462. The number of allylic oxidation sites excluding steroid dienone is 1. The normalized spacial score (nSPS) is 24.3. The van der Waals surface area contributed by atoms with Gasteiger partial charge in [0.2, 0.25) is 21.8 Å². The molecule has 17 heteroatoms. The van der Waals surface area contributed by atoms with E-state index < -0.39 is 73.8 Å². The van der Waals surface area contributed by atoms with Gasteiger partial charge >= 0.3 is 6.09 Å². The second-order valence-corrected chi connectivity index (χ2v) is 23.5. The molecule has 3 aromatic carbocycles. The molecule has 5 atom stereocenters. The van der Waals surface area contributed by atoms with Crippen LogP contribution in [0.3, 0.4) is 0 Å². The summed E-state index contributed by atoms with van der Waals surface area (Å²) in [7, 11) is -4.02. The van der Waals surface area contributed by atoms with Gasteiger partial charge in [0, 0.05) is 34.9 Å². The second-order valence-electron chi connectivity index (χ2n) is 20.4. The molecule has 15 nitrogen and oxygen atoms in total. The van der Waals surface area contributed by atoms with E-state index in [0.29, 0.717) is 43.6 Å². The van der Waals surface area contributed by atoms with Crippen LogP contribution in [0.25, 0.3) is 44.0 Å². The van der Waals surface area contributed by atoms with Crippen LogP contribution in [0.15, 0.2) is 90.3 Å². The molecule has 3 N–H and O–H groups in total. The van der Waals surface area contributed by atoms with Crippen LogP contribution in [0.2, 0.25) is 0 Å². The Balaban J connectivity index is 1.02. The van der Waals surface area contributed by atoms with Crippen LogP contribution in [0.5, 0.6) is 6.01 Å². The number of aromatic nitrogens is 3. The Labute approximate surface area is 407 Å². The third-order valence-corrected chi connectivity index (χ3v) is 16.7. The number of carbonyl (C=O) groups is 4. The van der Waals surface area contributed by atoms with Gasteiger partial charge in [-0.15, -0.1) is 11.3 Å². The van der Waals surface area contributed by atoms with Gasteiger partial charge in [-0.05, 0) is 103 Å². The molecule has 364 valence electrons. The molecular weight excluding hydrogens is 915 g/mol. The molecule has 3 fully saturated rings. The fourth-order valence-corrected chi connectivity index (χ4v) is 11.6. The number of carbonyl (C=O) groups excluding carboxylic acids is 4. The lowest BCUT2D eigenvalue weighted by molar-refractivity contribution is -0.141. The molecule has 4 amide bonds. The Bertz CT molecular complexity index is 2900. The Morgan fingerprint density at radius 3 is 2.36 bits per heavy atom. The number of alkyl carbamates (subject to hydrolysis) is 1. The van der Waals surface area contributed by atoms with Crippen LogP contribution >= 0.6 is 11.3 Å². The number of ether oxygens (including phenoxy) is 2. The molecule has 5 aromatic rings. The lowest BCUT2D eigenvalue weighted by atomic mass is 10.0. The smallest absolute Gasteiger partial charge is 0.408 e. The Hall–Kier alpha value is -6.07. The van der Waals surface area contributed by atoms with Crippen molar-refractivity contribution < 1.29 is 37.1 Å². The predicted octanol–water partition coefficient (Wildman–Crippen LogP) is 8.71. The minimum absolute atomic E-state index is 0.0262. The molecule has 9 rings (SSSR count). The van der Waals surface area contributed by atoms with Crippen LogP contribution in [0.1, 0.15) is 105 Å². The average molecular weight is 976 g/mol. The summed E-state index contributed by atoms with van der Waals surface area (Å²) in [6, 6.07) is 22.5. The predicted molar refractivity (Wildman–Crippen MR) is 266 cm³/mol. The van der Waals surface area contributed by atoms with Crippen molar-refractivity contribution >= 4 is 56.2 Å². The van der Waals surface area contributed by atoms with Crippen LogP contribution in [0.4, 0.5) is 4.79 Å². The van der Waals surface area contributed by atoms with E-state index in [1.807, 2.05) is 72.3 Å². The SMILES string of the molecule is CC(C)n1c(O[C@@H]2C[C@H]3C(=O)N[C@]4(C(=O)NS(=O)(=O)C5(C)CC5)C[C@H]4/C=C\CCCCC[C@H](NC(=O)OC(C)(C)C)C(=O)N3C2)nc2c(-c3nc(-c4ccc(-c5ccccc5)cc4)cs3)cccc21. The van der Waals surface area contributed by atoms with Crippen molar-refractivity contribution in [3.05, 3.63) is 90.3 Å². The van der Waals surface area contributed by atoms with Gasteiger partial charge in [-0.2, -0.15) is 4.98 Å². The second kappa shape index (κ2) is 18.7. The summed E-state index contributed by atoms with van der Waals surface area (Å²) in [5, 5.41) is 8.55. The molecule has 2 aromatic heterocycles. The molecule has 0 spiro atoms. The van der Waals surface area contributed by atoms with Crippen LogP contribution < -0.4 is 20.1 Å². The quantitative estimate of drug-likeness (QED) is 0.114. The standard InChI is InChI=1S/C52H61N7O8S2/c1-32(2)59-41-21-15-19-38(45-53-40(31-68-45)35-24-22-34(23-25-35)33-16-11-10-12-17-33)43(41)55-48(59)66-37-28-42-44(60)56-52(47(62)57-69(64,65)51(6)26-27-51)29-36(52)18-13-8-7-9-14-20-39(46(61)58(42)30-37)54-49(63)67-50(3,4)5/h10-13,15-19,21-25,31-32,36-37,39,42H,7-9,14,20,26-30H2,1-6H3,(H,54,63)(H,56,60)(H,57,62)/b18-13-/t36-,37-,39+,42+,52-/m1/s1. The summed E-state index contributed by atoms with van der Waals surface area (Å²) < 4.78 is 42.3. The molecule has 0 bridgehead atoms. The summed E-state index contributed by atoms with van der Waals surface area (Å²) in [4.78, 5) is 68.5. The zero-order valence-corrected chi connectivity index (χ0v) is 41.6. The van der Waals surface area contributed by atoms with Crippen molar-refractivity contribution in [2.24, 2.45) is 5.92 Å². The fourth-order valence-electron chi connectivity index (χ4n) is 9.39. The van der Waals surface area contributed by atoms with E-state index in [0.717, 1.165) is 51.3 Å². The molecule has 0 radical (unpaired) electrons. The molecule has 2 aliphatic heterocycles. The first-order valence-electron chi connectivity index (χ1n) is 24.0. The highest BCUT2D eigenvalue weighted by atomic mass is 32.2. The number of amides is 4. The van der Waals surface area contributed by atoms with Crippen molar-refractivity contribution in [1.82, 2.24) is 34.8 Å². The maximum absolute atomic E-state index is 14.8. The van der Waals surface area contributed by atoms with Crippen molar-refractivity contribution in [3.63, 3.8) is 0 Å². The largest absolute Gasteiger partial charge is 0.459 e. The topological polar surface area (TPSA) is 191 Å². The van der Waals surface area contributed by atoms with Gasteiger partial charge in [0.05, 0.1) is 22.5 Å². The number of para-hydroxylation sites is 1. The number of hydrogen-bond donors (Lipinski definition) is 3.